The number of halogens is 1. The SMILES string of the molecule is CCNC(=NCC(c1ccc(F)cc1)N(C)C)NCCCNC(=O)OC(C)(C)C. The lowest BCUT2D eigenvalue weighted by molar-refractivity contribution is 0.0527. The Labute approximate surface area is 174 Å². The summed E-state index contributed by atoms with van der Waals surface area (Å²) in [7, 11) is 3.96. The van der Waals surface area contributed by atoms with Gasteiger partial charge in [0.1, 0.15) is 11.4 Å². The minimum Gasteiger partial charge on any atom is -0.444 e. The first-order chi connectivity index (χ1) is 13.6. The van der Waals surface area contributed by atoms with Gasteiger partial charge in [0.15, 0.2) is 5.96 Å². The van der Waals surface area contributed by atoms with Crippen LogP contribution in [0, 0.1) is 5.82 Å². The highest BCUT2D eigenvalue weighted by atomic mass is 19.1. The third kappa shape index (κ3) is 10.7. The Hall–Kier alpha value is -2.35. The Morgan fingerprint density at radius 3 is 2.31 bits per heavy atom. The van der Waals surface area contributed by atoms with E-state index in [1.54, 1.807) is 12.1 Å². The van der Waals surface area contributed by atoms with Crippen LogP contribution in [0.15, 0.2) is 29.3 Å². The molecule has 0 aromatic heterocycles. The molecule has 0 aliphatic carbocycles. The summed E-state index contributed by atoms with van der Waals surface area (Å²) in [5, 5.41) is 9.22. The molecule has 0 bridgehead atoms. The molecule has 0 spiro atoms. The van der Waals surface area contributed by atoms with Crippen LogP contribution in [-0.2, 0) is 4.74 Å². The Morgan fingerprint density at radius 1 is 1.14 bits per heavy atom. The van der Waals surface area contributed by atoms with Crippen LogP contribution in [0.4, 0.5) is 9.18 Å². The quantitative estimate of drug-likeness (QED) is 0.332. The van der Waals surface area contributed by atoms with Crippen molar-refractivity contribution in [2.24, 2.45) is 4.99 Å². The number of ether oxygens (including phenoxy) is 1. The number of carbonyl (C=O) groups is 1. The van der Waals surface area contributed by atoms with Gasteiger partial charge < -0.3 is 25.6 Å². The maximum absolute atomic E-state index is 13.2. The van der Waals surface area contributed by atoms with Gasteiger partial charge in [0.2, 0.25) is 0 Å². The summed E-state index contributed by atoms with van der Waals surface area (Å²) in [6.07, 6.45) is 0.324. The summed E-state index contributed by atoms with van der Waals surface area (Å²) >= 11 is 0. The van der Waals surface area contributed by atoms with Crippen LogP contribution in [0.1, 0.15) is 45.7 Å². The normalized spacial score (nSPS) is 13.2. The van der Waals surface area contributed by atoms with E-state index >= 15 is 0 Å². The van der Waals surface area contributed by atoms with Gasteiger partial charge in [-0.1, -0.05) is 12.1 Å². The largest absolute Gasteiger partial charge is 0.444 e. The van der Waals surface area contributed by atoms with Crippen LogP contribution in [0.5, 0.6) is 0 Å². The number of alkyl carbamates (subject to hydrolysis) is 1. The summed E-state index contributed by atoms with van der Waals surface area (Å²) < 4.78 is 18.4. The topological polar surface area (TPSA) is 78.0 Å². The average Bonchev–Trinajstić information content (AvgIpc) is 2.61. The molecule has 0 fully saturated rings. The van der Waals surface area contributed by atoms with Crippen LogP contribution in [0.3, 0.4) is 0 Å². The van der Waals surface area contributed by atoms with Crippen LogP contribution >= 0.6 is 0 Å². The van der Waals surface area contributed by atoms with Gasteiger partial charge >= 0.3 is 6.09 Å². The highest BCUT2D eigenvalue weighted by Gasteiger charge is 2.16. The predicted molar refractivity (Wildman–Crippen MR) is 116 cm³/mol. The molecule has 0 aliphatic rings. The third-order valence-electron chi connectivity index (χ3n) is 3.96. The molecular formula is C21H36FN5O2. The summed E-state index contributed by atoms with van der Waals surface area (Å²) in [4.78, 5) is 18.4. The van der Waals surface area contributed by atoms with E-state index in [2.05, 4.69) is 25.8 Å². The minimum atomic E-state index is -0.499. The van der Waals surface area contributed by atoms with Crippen molar-refractivity contribution >= 4 is 12.1 Å². The standard InChI is InChI=1S/C21H36FN5O2/c1-7-23-19(24-13-8-14-25-20(28)29-21(2,3)4)26-15-18(27(5)6)16-9-11-17(22)12-10-16/h9-12,18H,7-8,13-15H2,1-6H3,(H,25,28)(H2,23,24,26). The van der Waals surface area contributed by atoms with E-state index in [0.29, 0.717) is 25.6 Å². The zero-order valence-corrected chi connectivity index (χ0v) is 18.5. The van der Waals surface area contributed by atoms with Crippen LogP contribution in [-0.4, -0.2) is 62.8 Å². The van der Waals surface area contributed by atoms with Crippen LogP contribution in [0.25, 0.3) is 0 Å². The highest BCUT2D eigenvalue weighted by molar-refractivity contribution is 5.79. The number of hydrogen-bond donors (Lipinski definition) is 3. The Bertz CT molecular complexity index is 641. The molecule has 1 aromatic carbocycles. The smallest absolute Gasteiger partial charge is 0.407 e. The number of nitrogens with zero attached hydrogens (tertiary/aromatic N) is 2. The summed E-state index contributed by atoms with van der Waals surface area (Å²) in [5.41, 5.74) is 0.512. The molecule has 0 saturated heterocycles. The molecule has 164 valence electrons. The van der Waals surface area contributed by atoms with E-state index in [4.69, 9.17) is 4.74 Å². The highest BCUT2D eigenvalue weighted by Crippen LogP contribution is 2.18. The summed E-state index contributed by atoms with van der Waals surface area (Å²) in [5.74, 6) is 0.462. The first-order valence-electron chi connectivity index (χ1n) is 10.0. The molecule has 1 aromatic rings. The van der Waals surface area contributed by atoms with Crippen molar-refractivity contribution in [1.82, 2.24) is 20.9 Å². The number of aliphatic imine (C=N–C) groups is 1. The fourth-order valence-corrected chi connectivity index (χ4v) is 2.57. The van der Waals surface area contributed by atoms with Gasteiger partial charge in [-0.05, 0) is 65.9 Å². The maximum atomic E-state index is 13.2. The predicted octanol–water partition coefficient (Wildman–Crippen LogP) is 2.90. The number of likely N-dealkylation sites (N-methyl/N-ethyl adjacent to an activating group) is 1. The van der Waals surface area contributed by atoms with Crippen LogP contribution < -0.4 is 16.0 Å². The third-order valence-corrected chi connectivity index (χ3v) is 3.96. The Morgan fingerprint density at radius 2 is 1.76 bits per heavy atom. The molecular weight excluding hydrogens is 373 g/mol. The van der Waals surface area contributed by atoms with Crippen molar-refractivity contribution < 1.29 is 13.9 Å². The van der Waals surface area contributed by atoms with Crippen LogP contribution in [0.2, 0.25) is 0 Å². The second-order valence-corrected chi connectivity index (χ2v) is 7.96. The number of carbonyl (C=O) groups excluding carboxylic acids is 1. The lowest BCUT2D eigenvalue weighted by Gasteiger charge is -2.23. The number of hydrogen-bond acceptors (Lipinski definition) is 4. The van der Waals surface area contributed by atoms with E-state index in [9.17, 15) is 9.18 Å². The summed E-state index contributed by atoms with van der Waals surface area (Å²) in [6.45, 7) is 9.95. The molecule has 1 atom stereocenters. The van der Waals surface area contributed by atoms with Crippen molar-refractivity contribution in [2.45, 2.75) is 45.8 Å². The second-order valence-electron chi connectivity index (χ2n) is 7.96. The Balaban J connectivity index is 2.52. The van der Waals surface area contributed by atoms with E-state index in [-0.39, 0.29) is 11.9 Å². The fraction of sp³-hybridized carbons (Fsp3) is 0.619. The fourth-order valence-electron chi connectivity index (χ4n) is 2.57. The molecule has 0 heterocycles. The zero-order valence-electron chi connectivity index (χ0n) is 18.5. The van der Waals surface area contributed by atoms with Gasteiger partial charge in [-0.25, -0.2) is 9.18 Å². The van der Waals surface area contributed by atoms with Crippen molar-refractivity contribution in [3.05, 3.63) is 35.6 Å². The lowest BCUT2D eigenvalue weighted by Crippen LogP contribution is -2.40. The molecule has 3 N–H and O–H groups in total. The molecule has 0 aliphatic heterocycles. The van der Waals surface area contributed by atoms with Gasteiger partial charge in [-0.15, -0.1) is 0 Å². The Kier molecular flexibility index (Phi) is 10.4. The molecule has 0 radical (unpaired) electrons. The van der Waals surface area contributed by atoms with E-state index < -0.39 is 11.7 Å². The first-order valence-corrected chi connectivity index (χ1v) is 10.0. The lowest BCUT2D eigenvalue weighted by atomic mass is 10.1. The van der Waals surface area contributed by atoms with Gasteiger partial charge in [0.25, 0.3) is 0 Å². The van der Waals surface area contributed by atoms with E-state index in [0.717, 1.165) is 18.5 Å². The molecule has 29 heavy (non-hydrogen) atoms. The number of guanidine groups is 1. The number of amides is 1. The summed E-state index contributed by atoms with van der Waals surface area (Å²) in [6, 6.07) is 6.56. The monoisotopic (exact) mass is 409 g/mol. The van der Waals surface area contributed by atoms with Crippen molar-refractivity contribution in [2.75, 3.05) is 40.3 Å². The first kappa shape index (κ1) is 24.7. The van der Waals surface area contributed by atoms with Gasteiger partial charge in [-0.2, -0.15) is 0 Å². The van der Waals surface area contributed by atoms with Gasteiger partial charge in [0, 0.05) is 19.6 Å². The number of nitrogens with one attached hydrogen (secondary N) is 3. The number of benzene rings is 1. The maximum Gasteiger partial charge on any atom is 0.407 e. The van der Waals surface area contributed by atoms with Crippen molar-refractivity contribution in [3.63, 3.8) is 0 Å². The van der Waals surface area contributed by atoms with E-state index in [1.807, 2.05) is 41.8 Å². The zero-order chi connectivity index (χ0) is 21.9. The molecule has 7 nitrogen and oxygen atoms in total. The molecule has 8 heteroatoms. The van der Waals surface area contributed by atoms with E-state index in [1.165, 1.54) is 12.1 Å². The average molecular weight is 410 g/mol. The molecule has 1 rings (SSSR count). The number of rotatable bonds is 9. The van der Waals surface area contributed by atoms with Gasteiger partial charge in [-0.3, -0.25) is 4.99 Å². The molecule has 0 saturated carbocycles. The molecule has 1 amide bonds. The van der Waals surface area contributed by atoms with Gasteiger partial charge in [0.05, 0.1) is 12.6 Å². The minimum absolute atomic E-state index is 0.0416. The molecule has 1 unspecified atom stereocenters. The van der Waals surface area contributed by atoms with Crippen molar-refractivity contribution in [1.29, 1.82) is 0 Å². The second kappa shape index (κ2) is 12.3. The van der Waals surface area contributed by atoms with Crippen molar-refractivity contribution in [3.8, 4) is 0 Å².